The predicted octanol–water partition coefficient (Wildman–Crippen LogP) is 4.40. The molecule has 0 aliphatic heterocycles. The van der Waals surface area contributed by atoms with Crippen molar-refractivity contribution in [2.75, 3.05) is 5.32 Å². The van der Waals surface area contributed by atoms with Crippen molar-refractivity contribution < 1.29 is 4.79 Å². The first kappa shape index (κ1) is 13.5. The smallest absolute Gasteiger partial charge is 0.221 e. The molecule has 1 amide bonds. The fourth-order valence-electron chi connectivity index (χ4n) is 1.34. The topological polar surface area (TPSA) is 29.1 Å². The van der Waals surface area contributed by atoms with Gasteiger partial charge in [-0.25, -0.2) is 0 Å². The van der Waals surface area contributed by atoms with Crippen molar-refractivity contribution in [2.24, 2.45) is 0 Å². The summed E-state index contributed by atoms with van der Waals surface area (Å²) < 4.78 is 0. The van der Waals surface area contributed by atoms with E-state index in [9.17, 15) is 4.79 Å². The highest BCUT2D eigenvalue weighted by Crippen LogP contribution is 2.30. The SMILES string of the molecule is CC.CC(=O)Nc1ccc(-c2ccccc2)s1. The molecule has 1 aromatic heterocycles. The number of hydrogen-bond acceptors (Lipinski definition) is 2. The number of amides is 1. The summed E-state index contributed by atoms with van der Waals surface area (Å²) in [5, 5.41) is 3.66. The van der Waals surface area contributed by atoms with Crippen molar-refractivity contribution in [3.63, 3.8) is 0 Å². The molecule has 0 aliphatic rings. The highest BCUT2D eigenvalue weighted by Gasteiger charge is 2.02. The van der Waals surface area contributed by atoms with E-state index in [0.29, 0.717) is 0 Å². The standard InChI is InChI=1S/C12H11NOS.C2H6/c1-9(14)13-12-8-7-11(15-12)10-5-3-2-4-6-10;1-2/h2-8H,1H3,(H,13,14);1-2H3. The lowest BCUT2D eigenvalue weighted by Gasteiger charge is -1.96. The van der Waals surface area contributed by atoms with Crippen LogP contribution in [0.3, 0.4) is 0 Å². The van der Waals surface area contributed by atoms with Crippen molar-refractivity contribution in [3.05, 3.63) is 42.5 Å². The number of benzene rings is 1. The van der Waals surface area contributed by atoms with Gasteiger partial charge < -0.3 is 5.32 Å². The Kier molecular flexibility index (Phi) is 5.43. The Morgan fingerprint density at radius 1 is 1.06 bits per heavy atom. The van der Waals surface area contributed by atoms with Crippen LogP contribution in [0, 0.1) is 0 Å². The van der Waals surface area contributed by atoms with Gasteiger partial charge in [-0.2, -0.15) is 0 Å². The van der Waals surface area contributed by atoms with Crippen LogP contribution in [0.2, 0.25) is 0 Å². The van der Waals surface area contributed by atoms with Gasteiger partial charge in [0.2, 0.25) is 5.91 Å². The molecule has 2 rings (SSSR count). The molecule has 2 nitrogen and oxygen atoms in total. The summed E-state index contributed by atoms with van der Waals surface area (Å²) >= 11 is 1.58. The number of carbonyl (C=O) groups is 1. The summed E-state index contributed by atoms with van der Waals surface area (Å²) in [5.74, 6) is -0.0311. The van der Waals surface area contributed by atoms with Gasteiger partial charge in [-0.3, -0.25) is 4.79 Å². The molecule has 0 fully saturated rings. The summed E-state index contributed by atoms with van der Waals surface area (Å²) in [5.41, 5.74) is 1.18. The van der Waals surface area contributed by atoms with Crippen molar-refractivity contribution in [1.29, 1.82) is 0 Å². The predicted molar refractivity (Wildman–Crippen MR) is 75.4 cm³/mol. The van der Waals surface area contributed by atoms with Gasteiger partial charge in [-0.15, -0.1) is 11.3 Å². The van der Waals surface area contributed by atoms with E-state index in [1.807, 2.05) is 44.2 Å². The Hall–Kier alpha value is -1.61. The van der Waals surface area contributed by atoms with Crippen LogP contribution in [0.1, 0.15) is 20.8 Å². The minimum atomic E-state index is -0.0311. The zero-order chi connectivity index (χ0) is 12.7. The van der Waals surface area contributed by atoms with Crippen LogP contribution in [0.4, 0.5) is 5.00 Å². The Morgan fingerprint density at radius 2 is 1.71 bits per heavy atom. The maximum Gasteiger partial charge on any atom is 0.221 e. The van der Waals surface area contributed by atoms with Crippen LogP contribution >= 0.6 is 11.3 Å². The molecule has 1 heterocycles. The minimum absolute atomic E-state index is 0.0311. The molecule has 1 N–H and O–H groups in total. The van der Waals surface area contributed by atoms with Gasteiger partial charge in [0, 0.05) is 11.8 Å². The van der Waals surface area contributed by atoms with Gasteiger partial charge in [-0.05, 0) is 17.7 Å². The molecular formula is C14H17NOS. The second-order valence-electron chi connectivity index (χ2n) is 3.21. The average Bonchev–Trinajstić information content (AvgIpc) is 2.80. The van der Waals surface area contributed by atoms with Crippen LogP contribution in [0.25, 0.3) is 10.4 Å². The molecule has 0 spiro atoms. The van der Waals surface area contributed by atoms with E-state index >= 15 is 0 Å². The normalized spacial score (nSPS) is 9.12. The summed E-state index contributed by atoms with van der Waals surface area (Å²) in [7, 11) is 0. The Labute approximate surface area is 106 Å². The van der Waals surface area contributed by atoms with E-state index in [1.165, 1.54) is 17.4 Å². The fraction of sp³-hybridized carbons (Fsp3) is 0.214. The molecular weight excluding hydrogens is 230 g/mol. The van der Waals surface area contributed by atoms with E-state index in [-0.39, 0.29) is 5.91 Å². The molecule has 0 aliphatic carbocycles. The first-order chi connectivity index (χ1) is 8.25. The zero-order valence-electron chi connectivity index (χ0n) is 10.4. The number of rotatable bonds is 2. The Bertz CT molecular complexity index is 462. The molecule has 0 radical (unpaired) electrons. The maximum atomic E-state index is 10.9. The number of anilines is 1. The monoisotopic (exact) mass is 247 g/mol. The maximum absolute atomic E-state index is 10.9. The molecule has 3 heteroatoms. The van der Waals surface area contributed by atoms with Gasteiger partial charge in [0.15, 0.2) is 0 Å². The van der Waals surface area contributed by atoms with Crippen LogP contribution in [-0.4, -0.2) is 5.91 Å². The van der Waals surface area contributed by atoms with Crippen LogP contribution in [-0.2, 0) is 4.79 Å². The Morgan fingerprint density at radius 3 is 2.29 bits per heavy atom. The van der Waals surface area contributed by atoms with E-state index in [2.05, 4.69) is 17.4 Å². The summed E-state index contributed by atoms with van der Waals surface area (Å²) in [4.78, 5) is 12.0. The Balaban J connectivity index is 0.000000686. The third-order valence-corrected chi connectivity index (χ3v) is 3.01. The minimum Gasteiger partial charge on any atom is -0.318 e. The first-order valence-corrected chi connectivity index (χ1v) is 6.50. The van der Waals surface area contributed by atoms with Gasteiger partial charge in [-0.1, -0.05) is 44.2 Å². The average molecular weight is 247 g/mol. The molecule has 1 aromatic carbocycles. The van der Waals surface area contributed by atoms with Gasteiger partial charge in [0.1, 0.15) is 0 Å². The van der Waals surface area contributed by atoms with Gasteiger partial charge >= 0.3 is 0 Å². The summed E-state index contributed by atoms with van der Waals surface area (Å²) in [6, 6.07) is 14.1. The van der Waals surface area contributed by atoms with Crippen LogP contribution in [0.15, 0.2) is 42.5 Å². The lowest BCUT2D eigenvalue weighted by atomic mass is 10.2. The molecule has 0 atom stereocenters. The van der Waals surface area contributed by atoms with E-state index in [1.54, 1.807) is 11.3 Å². The largest absolute Gasteiger partial charge is 0.318 e. The lowest BCUT2D eigenvalue weighted by Crippen LogP contribution is -2.03. The van der Waals surface area contributed by atoms with Crippen molar-refractivity contribution >= 4 is 22.2 Å². The highest BCUT2D eigenvalue weighted by atomic mass is 32.1. The highest BCUT2D eigenvalue weighted by molar-refractivity contribution is 7.19. The molecule has 17 heavy (non-hydrogen) atoms. The third-order valence-electron chi connectivity index (χ3n) is 1.96. The van der Waals surface area contributed by atoms with Crippen LogP contribution < -0.4 is 5.32 Å². The second-order valence-corrected chi connectivity index (χ2v) is 4.29. The van der Waals surface area contributed by atoms with Crippen molar-refractivity contribution in [3.8, 4) is 10.4 Å². The van der Waals surface area contributed by atoms with Crippen molar-refractivity contribution in [1.82, 2.24) is 0 Å². The molecule has 0 bridgehead atoms. The zero-order valence-corrected chi connectivity index (χ0v) is 11.2. The third kappa shape index (κ3) is 4.04. The van der Waals surface area contributed by atoms with Crippen LogP contribution in [0.5, 0.6) is 0 Å². The fourth-order valence-corrected chi connectivity index (χ4v) is 2.29. The number of nitrogens with one attached hydrogen (secondary N) is 1. The number of carbonyl (C=O) groups excluding carboxylic acids is 1. The van der Waals surface area contributed by atoms with Gasteiger partial charge in [0.05, 0.1) is 5.00 Å². The summed E-state index contributed by atoms with van der Waals surface area (Å²) in [6.45, 7) is 5.52. The lowest BCUT2D eigenvalue weighted by molar-refractivity contribution is -0.114. The van der Waals surface area contributed by atoms with E-state index < -0.39 is 0 Å². The van der Waals surface area contributed by atoms with Crippen molar-refractivity contribution in [2.45, 2.75) is 20.8 Å². The first-order valence-electron chi connectivity index (χ1n) is 5.68. The number of hydrogen-bond donors (Lipinski definition) is 1. The quantitative estimate of drug-likeness (QED) is 0.837. The van der Waals surface area contributed by atoms with E-state index in [0.717, 1.165) is 5.00 Å². The van der Waals surface area contributed by atoms with Gasteiger partial charge in [0.25, 0.3) is 0 Å². The van der Waals surface area contributed by atoms with E-state index in [4.69, 9.17) is 0 Å². The molecule has 0 saturated carbocycles. The number of thiophene rings is 1. The molecule has 2 aromatic rings. The molecule has 0 saturated heterocycles. The molecule has 90 valence electrons. The molecule has 0 unspecified atom stereocenters. The summed E-state index contributed by atoms with van der Waals surface area (Å²) in [6.07, 6.45) is 0. The second kappa shape index (κ2) is 6.86.